The predicted molar refractivity (Wildman–Crippen MR) is 149 cm³/mol. The molecule has 0 aliphatic rings. The van der Waals surface area contributed by atoms with Crippen LogP contribution in [0.25, 0.3) is 0 Å². The van der Waals surface area contributed by atoms with Crippen molar-refractivity contribution in [2.75, 3.05) is 50.3 Å². The molecule has 196 valence electrons. The van der Waals surface area contributed by atoms with E-state index in [9.17, 15) is 4.79 Å². The average molecular weight is 545 g/mol. The van der Waals surface area contributed by atoms with E-state index in [2.05, 4.69) is 20.9 Å². The summed E-state index contributed by atoms with van der Waals surface area (Å²) in [5.74, 6) is 1.48. The molecule has 1 heterocycles. The second-order valence-corrected chi connectivity index (χ2v) is 8.66. The molecular formula is C26H30Cl2N6O3. The van der Waals surface area contributed by atoms with Crippen LogP contribution in [0.1, 0.15) is 11.3 Å². The predicted octanol–water partition coefficient (Wildman–Crippen LogP) is 5.05. The fourth-order valence-corrected chi connectivity index (χ4v) is 3.67. The van der Waals surface area contributed by atoms with Gasteiger partial charge in [-0.3, -0.25) is 10.4 Å². The molecule has 3 rings (SSSR count). The van der Waals surface area contributed by atoms with Gasteiger partial charge in [-0.1, -0.05) is 23.7 Å². The number of likely N-dealkylation sites (N-methyl/N-ethyl adjacent to an activating group) is 1. The van der Waals surface area contributed by atoms with Crippen molar-refractivity contribution in [1.82, 2.24) is 15.2 Å². The van der Waals surface area contributed by atoms with Gasteiger partial charge in [0, 0.05) is 44.1 Å². The van der Waals surface area contributed by atoms with Gasteiger partial charge in [-0.05, 0) is 42.5 Å². The molecule has 37 heavy (non-hydrogen) atoms. The second kappa shape index (κ2) is 14.2. The Morgan fingerprint density at radius 3 is 2.65 bits per heavy atom. The Hall–Kier alpha value is -3.69. The summed E-state index contributed by atoms with van der Waals surface area (Å²) >= 11 is 12.0. The van der Waals surface area contributed by atoms with Crippen LogP contribution in [-0.4, -0.2) is 61.4 Å². The van der Waals surface area contributed by atoms with Crippen molar-refractivity contribution in [3.63, 3.8) is 0 Å². The van der Waals surface area contributed by atoms with Crippen LogP contribution in [-0.2, 0) is 6.61 Å². The van der Waals surface area contributed by atoms with Crippen molar-refractivity contribution in [2.45, 2.75) is 6.61 Å². The van der Waals surface area contributed by atoms with Gasteiger partial charge < -0.3 is 30.3 Å². The number of rotatable bonds is 12. The number of aromatic nitrogens is 1. The maximum absolute atomic E-state index is 12.0. The molecule has 2 amide bonds. The fourth-order valence-electron chi connectivity index (χ4n) is 3.34. The minimum absolute atomic E-state index is 0.117. The summed E-state index contributed by atoms with van der Waals surface area (Å²) in [7, 11) is 3.45. The van der Waals surface area contributed by atoms with Gasteiger partial charge in [0.05, 0.1) is 22.8 Å². The number of benzene rings is 2. The maximum Gasteiger partial charge on any atom is 0.317 e. The van der Waals surface area contributed by atoms with E-state index in [0.717, 1.165) is 5.69 Å². The number of hydrogen-bond donors (Lipinski definition) is 4. The Morgan fingerprint density at radius 1 is 1.11 bits per heavy atom. The zero-order valence-electron chi connectivity index (χ0n) is 20.7. The number of nitrogens with one attached hydrogen (secondary N) is 4. The molecule has 0 radical (unpaired) electrons. The lowest BCUT2D eigenvalue weighted by Gasteiger charge is -2.20. The number of anilines is 2. The van der Waals surface area contributed by atoms with E-state index >= 15 is 0 Å². The maximum atomic E-state index is 12.0. The van der Waals surface area contributed by atoms with E-state index in [1.54, 1.807) is 44.6 Å². The Morgan fingerprint density at radius 2 is 1.95 bits per heavy atom. The van der Waals surface area contributed by atoms with Crippen molar-refractivity contribution >= 4 is 46.4 Å². The number of hydrogen-bond acceptors (Lipinski definition) is 6. The van der Waals surface area contributed by atoms with Crippen LogP contribution in [0, 0.1) is 5.41 Å². The number of pyridine rings is 1. The molecule has 0 saturated carbocycles. The number of amidine groups is 1. The summed E-state index contributed by atoms with van der Waals surface area (Å²) in [6.45, 7) is 1.28. The first-order valence-corrected chi connectivity index (χ1v) is 12.5. The summed E-state index contributed by atoms with van der Waals surface area (Å²) in [4.78, 5) is 17.8. The first-order chi connectivity index (χ1) is 17.9. The highest BCUT2D eigenvalue weighted by molar-refractivity contribution is 6.32. The molecule has 0 aliphatic heterocycles. The van der Waals surface area contributed by atoms with E-state index in [4.69, 9.17) is 38.1 Å². The largest absolute Gasteiger partial charge is 0.491 e. The smallest absolute Gasteiger partial charge is 0.317 e. The quantitative estimate of drug-likeness (QED) is 0.144. The van der Waals surface area contributed by atoms with Gasteiger partial charge in [-0.25, -0.2) is 4.79 Å². The molecule has 11 heteroatoms. The van der Waals surface area contributed by atoms with Gasteiger partial charge in [0.25, 0.3) is 0 Å². The van der Waals surface area contributed by atoms with Crippen LogP contribution >= 0.6 is 23.2 Å². The SMILES string of the molecule is CNc1cccc(OCCN(C)C(=O)NCCCl)c1C(=N)Nc1ccc(OCc2ccccn2)c(Cl)c1. The number of nitrogens with zero attached hydrogens (tertiary/aromatic N) is 2. The van der Waals surface area contributed by atoms with Crippen LogP contribution in [0.15, 0.2) is 60.8 Å². The Labute approximate surface area is 226 Å². The van der Waals surface area contributed by atoms with Gasteiger partial charge in [-0.15, -0.1) is 11.6 Å². The molecule has 0 atom stereocenters. The third kappa shape index (κ3) is 8.16. The van der Waals surface area contributed by atoms with Crippen LogP contribution in [0.5, 0.6) is 11.5 Å². The van der Waals surface area contributed by atoms with Gasteiger partial charge in [0.2, 0.25) is 0 Å². The van der Waals surface area contributed by atoms with Gasteiger partial charge >= 0.3 is 6.03 Å². The first kappa shape index (κ1) is 27.9. The zero-order valence-corrected chi connectivity index (χ0v) is 22.2. The van der Waals surface area contributed by atoms with E-state index in [0.29, 0.717) is 59.0 Å². The summed E-state index contributed by atoms with van der Waals surface area (Å²) in [6.07, 6.45) is 1.71. The summed E-state index contributed by atoms with van der Waals surface area (Å²) in [6, 6.07) is 16.1. The van der Waals surface area contributed by atoms with Crippen LogP contribution in [0.2, 0.25) is 5.02 Å². The lowest BCUT2D eigenvalue weighted by Crippen LogP contribution is -2.40. The normalized spacial score (nSPS) is 10.4. The number of amides is 2. The Kier molecular flexibility index (Phi) is 10.7. The van der Waals surface area contributed by atoms with Crippen molar-refractivity contribution < 1.29 is 14.3 Å². The molecule has 0 saturated heterocycles. The molecule has 4 N–H and O–H groups in total. The van der Waals surface area contributed by atoms with E-state index in [-0.39, 0.29) is 18.5 Å². The highest BCUT2D eigenvalue weighted by Gasteiger charge is 2.16. The molecule has 0 fully saturated rings. The number of carbonyl (C=O) groups is 1. The summed E-state index contributed by atoms with van der Waals surface area (Å²) in [5, 5.41) is 18.0. The van der Waals surface area contributed by atoms with Gasteiger partial charge in [0.1, 0.15) is 30.5 Å². The lowest BCUT2D eigenvalue weighted by molar-refractivity contribution is 0.196. The lowest BCUT2D eigenvalue weighted by atomic mass is 10.1. The number of halogens is 2. The Bertz CT molecular complexity index is 1200. The standard InChI is InChI=1S/C26H30Cl2N6O3/c1-30-21-7-5-8-23(36-15-14-34(2)26(35)32-13-11-27)24(21)25(29)33-18-9-10-22(20(28)16-18)37-17-19-6-3-4-12-31-19/h3-10,12,16,30H,11,13-15,17H2,1-2H3,(H2,29,33)(H,32,35). The Balaban J connectivity index is 1.65. The third-order valence-electron chi connectivity index (χ3n) is 5.25. The van der Waals surface area contributed by atoms with E-state index in [1.807, 2.05) is 30.3 Å². The number of urea groups is 1. The molecule has 0 unspecified atom stereocenters. The molecule has 0 spiro atoms. The molecule has 3 aromatic rings. The van der Waals surface area contributed by atoms with Crippen LogP contribution in [0.4, 0.5) is 16.2 Å². The van der Waals surface area contributed by atoms with Crippen molar-refractivity contribution in [1.29, 1.82) is 5.41 Å². The molecule has 2 aromatic carbocycles. The summed E-state index contributed by atoms with van der Waals surface area (Å²) < 4.78 is 11.7. The third-order valence-corrected chi connectivity index (χ3v) is 5.73. The molecular weight excluding hydrogens is 515 g/mol. The fraction of sp³-hybridized carbons (Fsp3) is 0.269. The highest BCUT2D eigenvalue weighted by atomic mass is 35.5. The molecule has 1 aromatic heterocycles. The first-order valence-electron chi connectivity index (χ1n) is 11.6. The monoisotopic (exact) mass is 544 g/mol. The number of ether oxygens (including phenoxy) is 2. The van der Waals surface area contributed by atoms with E-state index in [1.165, 1.54) is 4.90 Å². The minimum atomic E-state index is -0.229. The van der Waals surface area contributed by atoms with Crippen LogP contribution in [0.3, 0.4) is 0 Å². The molecule has 0 aliphatic carbocycles. The zero-order chi connectivity index (χ0) is 26.6. The second-order valence-electron chi connectivity index (χ2n) is 7.87. The molecule has 9 nitrogen and oxygen atoms in total. The highest BCUT2D eigenvalue weighted by Crippen LogP contribution is 2.31. The number of alkyl halides is 1. The van der Waals surface area contributed by atoms with E-state index < -0.39 is 0 Å². The molecule has 0 bridgehead atoms. The van der Waals surface area contributed by atoms with Gasteiger partial charge in [0.15, 0.2) is 0 Å². The van der Waals surface area contributed by atoms with Crippen molar-refractivity contribution in [3.8, 4) is 11.5 Å². The van der Waals surface area contributed by atoms with Crippen LogP contribution < -0.4 is 25.4 Å². The topological polar surface area (TPSA) is 112 Å². The van der Waals surface area contributed by atoms with Crippen molar-refractivity contribution in [3.05, 3.63) is 77.1 Å². The minimum Gasteiger partial charge on any atom is -0.491 e. The average Bonchev–Trinajstić information content (AvgIpc) is 2.91. The summed E-state index contributed by atoms with van der Waals surface area (Å²) in [5.41, 5.74) is 2.67. The number of carbonyl (C=O) groups excluding carboxylic acids is 1. The van der Waals surface area contributed by atoms with Gasteiger partial charge in [-0.2, -0.15) is 0 Å². The van der Waals surface area contributed by atoms with Crippen molar-refractivity contribution in [2.24, 2.45) is 0 Å².